The van der Waals surface area contributed by atoms with E-state index in [0.717, 1.165) is 4.47 Å². The van der Waals surface area contributed by atoms with Crippen molar-refractivity contribution < 1.29 is 14.3 Å². The largest absolute Gasteiger partial charge is 0.464 e. The highest BCUT2D eigenvalue weighted by Gasteiger charge is 2.17. The number of rotatable bonds is 4. The zero-order chi connectivity index (χ0) is 12.8. The van der Waals surface area contributed by atoms with Gasteiger partial charge in [0, 0.05) is 10.0 Å². The number of nitrogens with one attached hydrogen (secondary N) is 1. The summed E-state index contributed by atoms with van der Waals surface area (Å²) in [5.41, 5.74) is 0.504. The molecule has 5 heteroatoms. The summed E-state index contributed by atoms with van der Waals surface area (Å²) < 4.78 is 5.69. The summed E-state index contributed by atoms with van der Waals surface area (Å²) in [6, 6.07) is 6.24. The SMILES string of the molecule is CCOC(=O)[C@@H](C)NC(=O)c1ccc(Br)cc1. The number of amides is 1. The predicted octanol–water partition coefficient (Wildman–Crippen LogP) is 2.13. The van der Waals surface area contributed by atoms with Crippen molar-refractivity contribution in [3.8, 4) is 0 Å². The highest BCUT2D eigenvalue weighted by Crippen LogP contribution is 2.10. The van der Waals surface area contributed by atoms with Crippen LogP contribution in [0.3, 0.4) is 0 Å². The van der Waals surface area contributed by atoms with Gasteiger partial charge in [0.15, 0.2) is 0 Å². The lowest BCUT2D eigenvalue weighted by Gasteiger charge is -2.12. The third-order valence-corrected chi connectivity index (χ3v) is 2.62. The van der Waals surface area contributed by atoms with Gasteiger partial charge in [-0.25, -0.2) is 4.79 Å². The molecular formula is C12H14BrNO3. The van der Waals surface area contributed by atoms with Crippen LogP contribution in [0.2, 0.25) is 0 Å². The molecule has 0 spiro atoms. The van der Waals surface area contributed by atoms with Crippen molar-refractivity contribution in [2.24, 2.45) is 0 Å². The molecule has 0 aliphatic carbocycles. The summed E-state index contributed by atoms with van der Waals surface area (Å²) >= 11 is 3.28. The molecule has 0 unspecified atom stereocenters. The van der Waals surface area contributed by atoms with Crippen LogP contribution >= 0.6 is 15.9 Å². The molecule has 1 aromatic carbocycles. The fourth-order valence-electron chi connectivity index (χ4n) is 1.21. The molecule has 1 rings (SSSR count). The van der Waals surface area contributed by atoms with Crippen LogP contribution in [0, 0.1) is 0 Å². The van der Waals surface area contributed by atoms with Crippen LogP contribution in [-0.2, 0) is 9.53 Å². The van der Waals surface area contributed by atoms with Gasteiger partial charge < -0.3 is 10.1 Å². The van der Waals surface area contributed by atoms with E-state index in [1.54, 1.807) is 38.1 Å². The van der Waals surface area contributed by atoms with Crippen LogP contribution in [-0.4, -0.2) is 24.5 Å². The van der Waals surface area contributed by atoms with Crippen LogP contribution in [0.15, 0.2) is 28.7 Å². The van der Waals surface area contributed by atoms with E-state index in [1.165, 1.54) is 0 Å². The van der Waals surface area contributed by atoms with Crippen LogP contribution in [0.1, 0.15) is 24.2 Å². The maximum Gasteiger partial charge on any atom is 0.328 e. The third kappa shape index (κ3) is 4.19. The maximum absolute atomic E-state index is 11.7. The Balaban J connectivity index is 2.60. The smallest absolute Gasteiger partial charge is 0.328 e. The van der Waals surface area contributed by atoms with Gasteiger partial charge in [-0.1, -0.05) is 15.9 Å². The van der Waals surface area contributed by atoms with Crippen molar-refractivity contribution in [2.75, 3.05) is 6.61 Å². The van der Waals surface area contributed by atoms with Gasteiger partial charge in [-0.15, -0.1) is 0 Å². The molecule has 1 N–H and O–H groups in total. The molecular weight excluding hydrogens is 286 g/mol. The molecule has 1 amide bonds. The Bertz CT molecular complexity index is 403. The fraction of sp³-hybridized carbons (Fsp3) is 0.333. The molecule has 0 bridgehead atoms. The summed E-state index contributed by atoms with van der Waals surface area (Å²) in [5.74, 6) is -0.726. The van der Waals surface area contributed by atoms with Crippen LogP contribution in [0.5, 0.6) is 0 Å². The number of hydrogen-bond acceptors (Lipinski definition) is 3. The van der Waals surface area contributed by atoms with Crippen molar-refractivity contribution in [3.63, 3.8) is 0 Å². The Morgan fingerprint density at radius 2 is 1.94 bits per heavy atom. The lowest BCUT2D eigenvalue weighted by Crippen LogP contribution is -2.39. The highest BCUT2D eigenvalue weighted by molar-refractivity contribution is 9.10. The number of esters is 1. The normalized spacial score (nSPS) is 11.7. The van der Waals surface area contributed by atoms with Crippen molar-refractivity contribution in [3.05, 3.63) is 34.3 Å². The number of carbonyl (C=O) groups is 2. The number of ether oxygens (including phenoxy) is 1. The summed E-state index contributed by atoms with van der Waals surface area (Å²) in [6.07, 6.45) is 0. The van der Waals surface area contributed by atoms with Crippen molar-refractivity contribution in [2.45, 2.75) is 19.9 Å². The molecule has 1 atom stereocenters. The van der Waals surface area contributed by atoms with Gasteiger partial charge in [0.1, 0.15) is 6.04 Å². The van der Waals surface area contributed by atoms with Gasteiger partial charge in [0.25, 0.3) is 5.91 Å². The lowest BCUT2D eigenvalue weighted by atomic mass is 10.2. The molecule has 0 aliphatic heterocycles. The summed E-state index contributed by atoms with van der Waals surface area (Å²) in [7, 11) is 0. The van der Waals surface area contributed by atoms with E-state index in [4.69, 9.17) is 4.74 Å². The van der Waals surface area contributed by atoms with Crippen LogP contribution in [0.4, 0.5) is 0 Å². The number of hydrogen-bond donors (Lipinski definition) is 1. The molecule has 0 saturated heterocycles. The first-order chi connectivity index (χ1) is 8.04. The van der Waals surface area contributed by atoms with Crippen molar-refractivity contribution in [1.29, 1.82) is 0 Å². The van der Waals surface area contributed by atoms with Crippen molar-refractivity contribution in [1.82, 2.24) is 5.32 Å². The van der Waals surface area contributed by atoms with Crippen LogP contribution in [0.25, 0.3) is 0 Å². The first-order valence-corrected chi connectivity index (χ1v) is 6.07. The van der Waals surface area contributed by atoms with E-state index in [0.29, 0.717) is 12.2 Å². The second kappa shape index (κ2) is 6.39. The van der Waals surface area contributed by atoms with E-state index in [1.807, 2.05) is 0 Å². The Morgan fingerprint density at radius 3 is 2.47 bits per heavy atom. The van der Waals surface area contributed by atoms with Crippen LogP contribution < -0.4 is 5.32 Å². The molecule has 0 aliphatic rings. The molecule has 0 radical (unpaired) electrons. The maximum atomic E-state index is 11.7. The molecule has 4 nitrogen and oxygen atoms in total. The molecule has 0 fully saturated rings. The van der Waals surface area contributed by atoms with Gasteiger partial charge in [-0.2, -0.15) is 0 Å². The lowest BCUT2D eigenvalue weighted by molar-refractivity contribution is -0.144. The minimum Gasteiger partial charge on any atom is -0.464 e. The molecule has 1 aromatic rings. The Labute approximate surface area is 108 Å². The number of carbonyl (C=O) groups excluding carboxylic acids is 2. The summed E-state index contributed by atoms with van der Waals surface area (Å²) in [5, 5.41) is 2.57. The first kappa shape index (κ1) is 13.7. The van der Waals surface area contributed by atoms with Gasteiger partial charge >= 0.3 is 5.97 Å². The minimum absolute atomic E-state index is 0.293. The number of benzene rings is 1. The highest BCUT2D eigenvalue weighted by atomic mass is 79.9. The third-order valence-electron chi connectivity index (χ3n) is 2.09. The Morgan fingerprint density at radius 1 is 1.35 bits per heavy atom. The van der Waals surface area contributed by atoms with E-state index in [9.17, 15) is 9.59 Å². The topological polar surface area (TPSA) is 55.4 Å². The second-order valence-corrected chi connectivity index (χ2v) is 4.37. The van der Waals surface area contributed by atoms with E-state index >= 15 is 0 Å². The monoisotopic (exact) mass is 299 g/mol. The zero-order valence-corrected chi connectivity index (χ0v) is 11.3. The molecule has 0 saturated carbocycles. The van der Waals surface area contributed by atoms with E-state index in [2.05, 4.69) is 21.2 Å². The molecule has 17 heavy (non-hydrogen) atoms. The quantitative estimate of drug-likeness (QED) is 0.867. The van der Waals surface area contributed by atoms with Gasteiger partial charge in [-0.3, -0.25) is 4.79 Å². The average molecular weight is 300 g/mol. The predicted molar refractivity (Wildman–Crippen MR) is 67.7 cm³/mol. The van der Waals surface area contributed by atoms with Crippen molar-refractivity contribution >= 4 is 27.8 Å². The van der Waals surface area contributed by atoms with Gasteiger partial charge in [-0.05, 0) is 38.1 Å². The van der Waals surface area contributed by atoms with E-state index < -0.39 is 12.0 Å². The fourth-order valence-corrected chi connectivity index (χ4v) is 1.47. The Kier molecular flexibility index (Phi) is 5.15. The minimum atomic E-state index is -0.647. The average Bonchev–Trinajstić information content (AvgIpc) is 2.30. The Hall–Kier alpha value is -1.36. The standard InChI is InChI=1S/C12H14BrNO3/c1-3-17-12(16)8(2)14-11(15)9-4-6-10(13)7-5-9/h4-8H,3H2,1-2H3,(H,14,15)/t8-/m1/s1. The summed E-state index contributed by atoms with van der Waals surface area (Å²) in [4.78, 5) is 23.1. The molecule has 92 valence electrons. The molecule has 0 heterocycles. The second-order valence-electron chi connectivity index (χ2n) is 3.45. The van der Waals surface area contributed by atoms with Gasteiger partial charge in [0.05, 0.1) is 6.61 Å². The van der Waals surface area contributed by atoms with Gasteiger partial charge in [0.2, 0.25) is 0 Å². The first-order valence-electron chi connectivity index (χ1n) is 5.27. The number of halogens is 1. The zero-order valence-electron chi connectivity index (χ0n) is 9.70. The molecule has 0 aromatic heterocycles. The van der Waals surface area contributed by atoms with E-state index in [-0.39, 0.29) is 5.91 Å². The summed E-state index contributed by atoms with van der Waals surface area (Å²) in [6.45, 7) is 3.62.